The van der Waals surface area contributed by atoms with Gasteiger partial charge >= 0.3 is 0 Å². The molecule has 22 heavy (non-hydrogen) atoms. The molecule has 0 unspecified atom stereocenters. The molecule has 3 aromatic rings. The van der Waals surface area contributed by atoms with Gasteiger partial charge in [-0.25, -0.2) is 9.97 Å². The molecule has 0 amide bonds. The van der Waals surface area contributed by atoms with E-state index in [1.165, 1.54) is 5.56 Å². The van der Waals surface area contributed by atoms with E-state index in [9.17, 15) is 0 Å². The Hall–Kier alpha value is -2.62. The van der Waals surface area contributed by atoms with Crippen molar-refractivity contribution in [3.63, 3.8) is 0 Å². The molecule has 1 heterocycles. The highest BCUT2D eigenvalue weighted by Crippen LogP contribution is 2.27. The van der Waals surface area contributed by atoms with Crippen molar-refractivity contribution in [2.75, 3.05) is 11.1 Å². The van der Waals surface area contributed by atoms with Crippen molar-refractivity contribution in [2.45, 2.75) is 26.2 Å². The average Bonchev–Trinajstić information content (AvgIpc) is 2.47. The van der Waals surface area contributed by atoms with Crippen LogP contribution in [0, 0.1) is 0 Å². The number of nitrogens with two attached hydrogens (primary N) is 1. The van der Waals surface area contributed by atoms with Crippen LogP contribution in [0.5, 0.6) is 0 Å². The Bertz CT molecular complexity index is 801. The van der Waals surface area contributed by atoms with E-state index in [1.54, 1.807) is 6.33 Å². The van der Waals surface area contributed by atoms with E-state index in [1.807, 2.05) is 18.2 Å². The molecule has 112 valence electrons. The Kier molecular flexibility index (Phi) is 3.45. The van der Waals surface area contributed by atoms with E-state index in [0.717, 1.165) is 22.4 Å². The predicted molar refractivity (Wildman–Crippen MR) is 92.4 cm³/mol. The number of nitrogens with one attached hydrogen (secondary N) is 1. The van der Waals surface area contributed by atoms with Gasteiger partial charge in [0.25, 0.3) is 0 Å². The first-order chi connectivity index (χ1) is 10.4. The summed E-state index contributed by atoms with van der Waals surface area (Å²) in [5.41, 5.74) is 9.80. The summed E-state index contributed by atoms with van der Waals surface area (Å²) < 4.78 is 0. The number of rotatable bonds is 2. The number of nitrogen functional groups attached to an aromatic ring is 1. The largest absolute Gasteiger partial charge is 0.399 e. The summed E-state index contributed by atoms with van der Waals surface area (Å²) in [6.45, 7) is 6.62. The van der Waals surface area contributed by atoms with Gasteiger partial charge in [0.1, 0.15) is 12.1 Å². The minimum absolute atomic E-state index is 0.150. The maximum absolute atomic E-state index is 5.80. The van der Waals surface area contributed by atoms with Crippen molar-refractivity contribution in [1.29, 1.82) is 0 Å². The first-order valence-electron chi connectivity index (χ1n) is 7.31. The Morgan fingerprint density at radius 1 is 0.955 bits per heavy atom. The fourth-order valence-electron chi connectivity index (χ4n) is 2.36. The normalized spacial score (nSPS) is 11.6. The highest BCUT2D eigenvalue weighted by molar-refractivity contribution is 5.92. The minimum Gasteiger partial charge on any atom is -0.399 e. The van der Waals surface area contributed by atoms with E-state index in [4.69, 9.17) is 5.73 Å². The van der Waals surface area contributed by atoms with Crippen molar-refractivity contribution in [1.82, 2.24) is 9.97 Å². The number of nitrogens with zero attached hydrogens (tertiary/aromatic N) is 2. The molecule has 0 radical (unpaired) electrons. The average molecular weight is 292 g/mol. The summed E-state index contributed by atoms with van der Waals surface area (Å²) in [5, 5.41) is 4.31. The molecule has 0 saturated heterocycles. The third kappa shape index (κ3) is 2.86. The molecule has 0 aliphatic carbocycles. The zero-order valence-electron chi connectivity index (χ0n) is 13.1. The van der Waals surface area contributed by atoms with Crippen LogP contribution in [0.15, 0.2) is 48.8 Å². The quantitative estimate of drug-likeness (QED) is 0.693. The molecule has 0 saturated carbocycles. The van der Waals surface area contributed by atoms with Crippen LogP contribution >= 0.6 is 0 Å². The number of fused-ring (bicyclic) bond motifs is 1. The lowest BCUT2D eigenvalue weighted by atomic mass is 9.87. The van der Waals surface area contributed by atoms with Crippen molar-refractivity contribution >= 4 is 28.1 Å². The first kappa shape index (κ1) is 14.3. The summed E-state index contributed by atoms with van der Waals surface area (Å²) in [7, 11) is 0. The summed E-state index contributed by atoms with van der Waals surface area (Å²) in [6, 6.07) is 14.1. The van der Waals surface area contributed by atoms with E-state index in [2.05, 4.69) is 60.3 Å². The van der Waals surface area contributed by atoms with Gasteiger partial charge in [-0.2, -0.15) is 0 Å². The van der Waals surface area contributed by atoms with Crippen LogP contribution in [0.3, 0.4) is 0 Å². The SMILES string of the molecule is CC(C)(C)c1ccc(Nc2ncnc3cc(N)ccc23)cc1. The van der Waals surface area contributed by atoms with Crippen LogP contribution in [0.4, 0.5) is 17.2 Å². The van der Waals surface area contributed by atoms with Gasteiger partial charge in [-0.1, -0.05) is 32.9 Å². The molecule has 0 aliphatic rings. The molecular formula is C18H20N4. The van der Waals surface area contributed by atoms with Gasteiger partial charge in [0.2, 0.25) is 0 Å². The van der Waals surface area contributed by atoms with E-state index >= 15 is 0 Å². The van der Waals surface area contributed by atoms with E-state index in [-0.39, 0.29) is 5.41 Å². The van der Waals surface area contributed by atoms with Crippen molar-refractivity contribution in [3.05, 3.63) is 54.4 Å². The number of anilines is 3. The summed E-state index contributed by atoms with van der Waals surface area (Å²) in [5.74, 6) is 0.786. The van der Waals surface area contributed by atoms with Crippen LogP contribution in [0.2, 0.25) is 0 Å². The topological polar surface area (TPSA) is 63.8 Å². The Labute approximate surface area is 130 Å². The molecule has 3 rings (SSSR count). The van der Waals surface area contributed by atoms with Gasteiger partial charge in [0.15, 0.2) is 0 Å². The highest BCUT2D eigenvalue weighted by atomic mass is 15.0. The number of aromatic nitrogens is 2. The lowest BCUT2D eigenvalue weighted by Crippen LogP contribution is -2.10. The molecule has 3 N–H and O–H groups in total. The lowest BCUT2D eigenvalue weighted by molar-refractivity contribution is 0.590. The van der Waals surface area contributed by atoms with Crippen LogP contribution in [0.1, 0.15) is 26.3 Å². The van der Waals surface area contributed by atoms with Crippen LogP contribution in [-0.2, 0) is 5.41 Å². The second-order valence-corrected chi connectivity index (χ2v) is 6.45. The molecular weight excluding hydrogens is 272 g/mol. The predicted octanol–water partition coefficient (Wildman–Crippen LogP) is 4.25. The Balaban J connectivity index is 1.93. The summed E-state index contributed by atoms with van der Waals surface area (Å²) in [4.78, 5) is 8.60. The smallest absolute Gasteiger partial charge is 0.141 e. The van der Waals surface area contributed by atoms with Gasteiger partial charge in [0.05, 0.1) is 5.52 Å². The highest BCUT2D eigenvalue weighted by Gasteiger charge is 2.13. The van der Waals surface area contributed by atoms with Gasteiger partial charge in [-0.05, 0) is 41.3 Å². The standard InChI is InChI=1S/C18H20N4/c1-18(2,3)12-4-7-14(8-5-12)22-17-15-9-6-13(19)10-16(15)20-11-21-17/h4-11H,19H2,1-3H3,(H,20,21,22). The molecule has 0 bridgehead atoms. The van der Waals surface area contributed by atoms with Crippen LogP contribution < -0.4 is 11.1 Å². The van der Waals surface area contributed by atoms with Gasteiger partial charge in [-0.3, -0.25) is 0 Å². The first-order valence-corrected chi connectivity index (χ1v) is 7.31. The van der Waals surface area contributed by atoms with E-state index in [0.29, 0.717) is 5.69 Å². The molecule has 0 fully saturated rings. The zero-order chi connectivity index (χ0) is 15.7. The monoisotopic (exact) mass is 292 g/mol. The third-order valence-corrected chi connectivity index (χ3v) is 3.67. The molecule has 0 aliphatic heterocycles. The fourth-order valence-corrected chi connectivity index (χ4v) is 2.36. The number of hydrogen-bond acceptors (Lipinski definition) is 4. The van der Waals surface area contributed by atoms with Crippen LogP contribution in [-0.4, -0.2) is 9.97 Å². The number of hydrogen-bond donors (Lipinski definition) is 2. The van der Waals surface area contributed by atoms with Gasteiger partial charge in [-0.15, -0.1) is 0 Å². The molecule has 0 spiro atoms. The molecule has 2 aromatic carbocycles. The van der Waals surface area contributed by atoms with Gasteiger partial charge in [0, 0.05) is 16.8 Å². The van der Waals surface area contributed by atoms with Crippen LogP contribution in [0.25, 0.3) is 10.9 Å². The maximum Gasteiger partial charge on any atom is 0.141 e. The maximum atomic E-state index is 5.80. The molecule has 1 aromatic heterocycles. The molecule has 4 nitrogen and oxygen atoms in total. The van der Waals surface area contributed by atoms with Crippen molar-refractivity contribution < 1.29 is 0 Å². The summed E-state index contributed by atoms with van der Waals surface area (Å²) in [6.07, 6.45) is 1.55. The number of benzene rings is 2. The molecule has 0 atom stereocenters. The second-order valence-electron chi connectivity index (χ2n) is 6.45. The third-order valence-electron chi connectivity index (χ3n) is 3.67. The van der Waals surface area contributed by atoms with Crippen molar-refractivity contribution in [3.8, 4) is 0 Å². The Morgan fingerprint density at radius 3 is 2.36 bits per heavy atom. The fraction of sp³-hybridized carbons (Fsp3) is 0.222. The molecule has 4 heteroatoms. The zero-order valence-corrected chi connectivity index (χ0v) is 13.1. The minimum atomic E-state index is 0.150. The van der Waals surface area contributed by atoms with E-state index < -0.39 is 0 Å². The van der Waals surface area contributed by atoms with Crippen molar-refractivity contribution in [2.24, 2.45) is 0 Å². The lowest BCUT2D eigenvalue weighted by Gasteiger charge is -2.19. The second kappa shape index (κ2) is 5.30. The summed E-state index contributed by atoms with van der Waals surface area (Å²) >= 11 is 0. The Morgan fingerprint density at radius 2 is 1.68 bits per heavy atom. The van der Waals surface area contributed by atoms with Gasteiger partial charge < -0.3 is 11.1 Å².